The van der Waals surface area contributed by atoms with Gasteiger partial charge in [-0.2, -0.15) is 0 Å². The van der Waals surface area contributed by atoms with Gasteiger partial charge in [-0.25, -0.2) is 0 Å². The number of benzene rings is 1. The smallest absolute Gasteiger partial charge is 0.306 e. The summed E-state index contributed by atoms with van der Waals surface area (Å²) in [7, 11) is 0. The number of aryl methyl sites for hydroxylation is 1. The van der Waals surface area contributed by atoms with Gasteiger partial charge in [-0.1, -0.05) is 6.07 Å². The van der Waals surface area contributed by atoms with Gasteiger partial charge in [0, 0.05) is 12.6 Å². The fraction of sp³-hybridized carbons (Fsp3) is 0.385. The summed E-state index contributed by atoms with van der Waals surface area (Å²) in [4.78, 5) is 32.7. The number of carboxylic acid groups (broad SMARTS) is 1. The molecule has 114 valence electrons. The third-order valence-corrected chi connectivity index (χ3v) is 2.76. The lowest BCUT2D eigenvalue weighted by Gasteiger charge is -2.21. The van der Waals surface area contributed by atoms with E-state index in [0.29, 0.717) is 5.56 Å². The van der Waals surface area contributed by atoms with Gasteiger partial charge in [-0.3, -0.25) is 19.7 Å². The van der Waals surface area contributed by atoms with Crippen molar-refractivity contribution >= 4 is 17.6 Å². The van der Waals surface area contributed by atoms with Crippen molar-refractivity contribution in [2.75, 3.05) is 6.54 Å². The predicted molar refractivity (Wildman–Crippen MR) is 73.0 cm³/mol. The number of nitro groups is 1. The second kappa shape index (κ2) is 6.31. The van der Waals surface area contributed by atoms with E-state index in [1.54, 1.807) is 6.92 Å². The highest BCUT2D eigenvalue weighted by molar-refractivity contribution is 5.98. The van der Waals surface area contributed by atoms with Gasteiger partial charge >= 0.3 is 5.97 Å². The van der Waals surface area contributed by atoms with E-state index >= 15 is 0 Å². The Morgan fingerprint density at radius 1 is 1.43 bits per heavy atom. The summed E-state index contributed by atoms with van der Waals surface area (Å²) in [6.45, 7) is 2.61. The van der Waals surface area contributed by atoms with Crippen LogP contribution >= 0.6 is 0 Å². The van der Waals surface area contributed by atoms with Crippen molar-refractivity contribution in [1.29, 1.82) is 0 Å². The molecule has 1 aromatic rings. The Morgan fingerprint density at radius 3 is 2.57 bits per heavy atom. The van der Waals surface area contributed by atoms with Crippen molar-refractivity contribution in [2.45, 2.75) is 25.9 Å². The van der Waals surface area contributed by atoms with E-state index < -0.39 is 28.8 Å². The lowest BCUT2D eigenvalue weighted by Crippen LogP contribution is -2.42. The third-order valence-electron chi connectivity index (χ3n) is 2.76. The summed E-state index contributed by atoms with van der Waals surface area (Å²) in [5.41, 5.74) is -1.45. The molecule has 0 aromatic heterocycles. The van der Waals surface area contributed by atoms with Crippen LogP contribution in [0.4, 0.5) is 5.69 Å². The van der Waals surface area contributed by atoms with Crippen molar-refractivity contribution in [3.63, 3.8) is 0 Å². The van der Waals surface area contributed by atoms with Crippen LogP contribution in [0.3, 0.4) is 0 Å². The van der Waals surface area contributed by atoms with Gasteiger partial charge in [0.05, 0.1) is 16.9 Å². The first kappa shape index (κ1) is 16.6. The first-order chi connectivity index (χ1) is 9.62. The number of hydrogen-bond acceptors (Lipinski definition) is 5. The molecule has 0 spiro atoms. The summed E-state index contributed by atoms with van der Waals surface area (Å²) in [5.74, 6) is -1.95. The van der Waals surface area contributed by atoms with Gasteiger partial charge < -0.3 is 15.5 Å². The van der Waals surface area contributed by atoms with Crippen LogP contribution < -0.4 is 5.32 Å². The molecule has 0 aliphatic rings. The van der Waals surface area contributed by atoms with E-state index in [1.165, 1.54) is 25.1 Å². The topological polar surface area (TPSA) is 130 Å². The number of aliphatic carboxylic acids is 1. The summed E-state index contributed by atoms with van der Waals surface area (Å²) in [5, 5.41) is 31.6. The Bertz CT molecular complexity index is 582. The fourth-order valence-corrected chi connectivity index (χ4v) is 1.75. The van der Waals surface area contributed by atoms with Crippen LogP contribution in [-0.4, -0.2) is 39.2 Å². The highest BCUT2D eigenvalue weighted by Crippen LogP contribution is 2.20. The first-order valence-corrected chi connectivity index (χ1v) is 6.10. The summed E-state index contributed by atoms with van der Waals surface area (Å²) in [6.07, 6.45) is -0.552. The quantitative estimate of drug-likeness (QED) is 0.527. The number of carbonyl (C=O) groups excluding carboxylic acids is 1. The van der Waals surface area contributed by atoms with E-state index in [9.17, 15) is 24.8 Å². The summed E-state index contributed by atoms with van der Waals surface area (Å²) >= 11 is 0. The number of amides is 1. The van der Waals surface area contributed by atoms with E-state index in [-0.39, 0.29) is 17.8 Å². The highest BCUT2D eigenvalue weighted by atomic mass is 16.6. The van der Waals surface area contributed by atoms with Gasteiger partial charge in [0.25, 0.3) is 11.6 Å². The molecule has 0 heterocycles. The van der Waals surface area contributed by atoms with Crippen molar-refractivity contribution < 1.29 is 24.7 Å². The molecule has 21 heavy (non-hydrogen) atoms. The molecule has 8 heteroatoms. The van der Waals surface area contributed by atoms with Crippen molar-refractivity contribution in [3.05, 3.63) is 39.4 Å². The van der Waals surface area contributed by atoms with Crippen LogP contribution in [-0.2, 0) is 4.79 Å². The van der Waals surface area contributed by atoms with E-state index in [0.717, 1.165) is 0 Å². The van der Waals surface area contributed by atoms with Gasteiger partial charge in [-0.15, -0.1) is 0 Å². The maximum Gasteiger partial charge on any atom is 0.306 e. The number of nitrogens with zero attached hydrogens (tertiary/aromatic N) is 1. The predicted octanol–water partition coefficient (Wildman–Crippen LogP) is 0.859. The molecule has 1 unspecified atom stereocenters. The molecule has 0 aliphatic heterocycles. The molecule has 3 N–H and O–H groups in total. The van der Waals surface area contributed by atoms with Gasteiger partial charge in [0.15, 0.2) is 0 Å². The molecular formula is C13H16N2O6. The second-order valence-corrected chi connectivity index (χ2v) is 5.03. The average molecular weight is 296 g/mol. The molecule has 0 radical (unpaired) electrons. The minimum atomic E-state index is -1.64. The summed E-state index contributed by atoms with van der Waals surface area (Å²) < 4.78 is 0. The van der Waals surface area contributed by atoms with Crippen LogP contribution in [0.1, 0.15) is 29.3 Å². The maximum absolute atomic E-state index is 12.0. The van der Waals surface area contributed by atoms with Crippen LogP contribution in [0.2, 0.25) is 0 Å². The van der Waals surface area contributed by atoms with E-state index in [1.807, 2.05) is 0 Å². The molecular weight excluding hydrogens is 280 g/mol. The molecule has 1 aromatic carbocycles. The van der Waals surface area contributed by atoms with Gasteiger partial charge in [0.2, 0.25) is 0 Å². The Kier molecular flexibility index (Phi) is 4.98. The minimum Gasteiger partial charge on any atom is -0.481 e. The number of carbonyl (C=O) groups is 2. The Hall–Kier alpha value is -2.48. The largest absolute Gasteiger partial charge is 0.481 e. The molecule has 0 fully saturated rings. The summed E-state index contributed by atoms with van der Waals surface area (Å²) in [6, 6.07) is 4.09. The Morgan fingerprint density at radius 2 is 2.05 bits per heavy atom. The third kappa shape index (κ3) is 4.84. The van der Waals surface area contributed by atoms with E-state index in [2.05, 4.69) is 5.32 Å². The number of rotatable bonds is 6. The molecule has 0 bridgehead atoms. The lowest BCUT2D eigenvalue weighted by atomic mass is 10.0. The van der Waals surface area contributed by atoms with Crippen molar-refractivity contribution in [3.8, 4) is 0 Å². The number of aliphatic hydroxyl groups is 1. The van der Waals surface area contributed by atoms with Crippen molar-refractivity contribution in [2.24, 2.45) is 0 Å². The average Bonchev–Trinajstić information content (AvgIpc) is 2.34. The van der Waals surface area contributed by atoms with Crippen LogP contribution in [0.15, 0.2) is 18.2 Å². The zero-order valence-corrected chi connectivity index (χ0v) is 11.6. The lowest BCUT2D eigenvalue weighted by molar-refractivity contribution is -0.385. The Balaban J connectivity index is 2.88. The SMILES string of the molecule is Cc1ccc([N+](=O)[O-])c(C(=O)NCC(C)(O)CC(=O)O)c1. The van der Waals surface area contributed by atoms with Crippen LogP contribution in [0.25, 0.3) is 0 Å². The second-order valence-electron chi connectivity index (χ2n) is 5.03. The monoisotopic (exact) mass is 296 g/mol. The van der Waals surface area contributed by atoms with Gasteiger partial charge in [-0.05, 0) is 25.5 Å². The molecule has 0 saturated heterocycles. The standard InChI is InChI=1S/C13H16N2O6/c1-8-3-4-10(15(20)21)9(5-8)12(18)14-7-13(2,19)6-11(16)17/h3-5,19H,6-7H2,1-2H3,(H,14,18)(H,16,17). The zero-order chi connectivity index (χ0) is 16.2. The minimum absolute atomic E-state index is 0.133. The number of nitro benzene ring substituents is 1. The molecule has 0 aliphatic carbocycles. The van der Waals surface area contributed by atoms with Gasteiger partial charge in [0.1, 0.15) is 5.56 Å². The molecule has 8 nitrogen and oxygen atoms in total. The maximum atomic E-state index is 12.0. The zero-order valence-electron chi connectivity index (χ0n) is 11.6. The molecule has 1 atom stereocenters. The number of hydrogen-bond donors (Lipinski definition) is 3. The number of nitrogens with one attached hydrogen (secondary N) is 1. The van der Waals surface area contributed by atoms with Crippen LogP contribution in [0.5, 0.6) is 0 Å². The molecule has 0 saturated carbocycles. The normalized spacial score (nSPS) is 13.3. The first-order valence-electron chi connectivity index (χ1n) is 6.10. The molecule has 1 amide bonds. The fourth-order valence-electron chi connectivity index (χ4n) is 1.75. The number of carboxylic acids is 1. The highest BCUT2D eigenvalue weighted by Gasteiger charge is 2.27. The molecule has 1 rings (SSSR count). The van der Waals surface area contributed by atoms with Crippen molar-refractivity contribution in [1.82, 2.24) is 5.32 Å². The van der Waals surface area contributed by atoms with Crippen LogP contribution in [0, 0.1) is 17.0 Å². The Labute approximate surface area is 120 Å². The van der Waals surface area contributed by atoms with E-state index in [4.69, 9.17) is 5.11 Å².